The molecule has 192 valence electrons. The van der Waals surface area contributed by atoms with Crippen molar-refractivity contribution in [1.29, 1.82) is 0 Å². The van der Waals surface area contributed by atoms with Crippen LogP contribution in [0.25, 0.3) is 10.8 Å². The number of hydrogen-bond acceptors (Lipinski definition) is 4. The van der Waals surface area contributed by atoms with Gasteiger partial charge in [-0.05, 0) is 79.6 Å². The molecule has 0 aromatic heterocycles. The monoisotopic (exact) mass is 487 g/mol. The van der Waals surface area contributed by atoms with Crippen LogP contribution in [0.1, 0.15) is 49.7 Å². The number of rotatable bonds is 14. The molecule has 1 atom stereocenters. The summed E-state index contributed by atoms with van der Waals surface area (Å²) in [5.74, 6) is 0.478. The van der Waals surface area contributed by atoms with Crippen LogP contribution >= 0.6 is 0 Å². The molecule has 3 aromatic rings. The van der Waals surface area contributed by atoms with Gasteiger partial charge in [0.15, 0.2) is 0 Å². The minimum atomic E-state index is -0.288. The van der Waals surface area contributed by atoms with E-state index in [1.165, 1.54) is 47.8 Å². The van der Waals surface area contributed by atoms with Gasteiger partial charge in [0.05, 0.1) is 0 Å². The predicted molar refractivity (Wildman–Crippen MR) is 147 cm³/mol. The summed E-state index contributed by atoms with van der Waals surface area (Å²) in [6.07, 6.45) is 6.89. The zero-order valence-corrected chi connectivity index (χ0v) is 21.4. The second kappa shape index (κ2) is 14.1. The van der Waals surface area contributed by atoms with Gasteiger partial charge in [-0.15, -0.1) is 0 Å². The van der Waals surface area contributed by atoms with E-state index in [0.29, 0.717) is 6.42 Å². The predicted octanol–water partition coefficient (Wildman–Crippen LogP) is 5.66. The number of amides is 1. The van der Waals surface area contributed by atoms with Crippen LogP contribution in [0.5, 0.6) is 0 Å². The van der Waals surface area contributed by atoms with E-state index >= 15 is 0 Å². The molecule has 1 unspecified atom stereocenters. The van der Waals surface area contributed by atoms with Crippen molar-refractivity contribution >= 4 is 16.7 Å². The lowest BCUT2D eigenvalue weighted by atomic mass is 10.0. The molecular formula is C31H41N3O2. The maximum atomic E-state index is 11.3. The van der Waals surface area contributed by atoms with Gasteiger partial charge in [0.2, 0.25) is 5.91 Å². The first-order valence-corrected chi connectivity index (χ1v) is 13.6. The number of hydroxylamine groups is 1. The Morgan fingerprint density at radius 2 is 1.72 bits per heavy atom. The van der Waals surface area contributed by atoms with Crippen molar-refractivity contribution in [3.63, 3.8) is 0 Å². The van der Waals surface area contributed by atoms with Crippen LogP contribution in [0.3, 0.4) is 0 Å². The largest absolute Gasteiger partial charge is 0.303 e. The number of likely N-dealkylation sites (tertiary alicyclic amines) is 1. The molecule has 2 N–H and O–H groups in total. The molecule has 0 saturated carbocycles. The van der Waals surface area contributed by atoms with Gasteiger partial charge in [0.1, 0.15) is 0 Å². The molecule has 36 heavy (non-hydrogen) atoms. The van der Waals surface area contributed by atoms with E-state index in [4.69, 9.17) is 5.21 Å². The topological polar surface area (TPSA) is 55.8 Å². The Morgan fingerprint density at radius 3 is 2.58 bits per heavy atom. The molecule has 1 fully saturated rings. The number of fused-ring (bicyclic) bond motifs is 1. The summed E-state index contributed by atoms with van der Waals surface area (Å²) in [5, 5.41) is 11.4. The third kappa shape index (κ3) is 8.16. The summed E-state index contributed by atoms with van der Waals surface area (Å²) in [5.41, 5.74) is 4.57. The molecule has 1 heterocycles. The van der Waals surface area contributed by atoms with Crippen LogP contribution in [-0.2, 0) is 17.8 Å². The van der Waals surface area contributed by atoms with Gasteiger partial charge >= 0.3 is 0 Å². The summed E-state index contributed by atoms with van der Waals surface area (Å²) < 4.78 is 0. The van der Waals surface area contributed by atoms with E-state index in [1.54, 1.807) is 5.48 Å². The molecule has 4 rings (SSSR count). The Hall–Kier alpha value is -2.73. The second-order valence-electron chi connectivity index (χ2n) is 10.2. The lowest BCUT2D eigenvalue weighted by Crippen LogP contribution is -2.30. The molecular weight excluding hydrogens is 446 g/mol. The van der Waals surface area contributed by atoms with Crippen LogP contribution in [0, 0.1) is 5.92 Å². The number of nitrogens with zero attached hydrogens (tertiary/aromatic N) is 2. The summed E-state index contributed by atoms with van der Waals surface area (Å²) in [6.45, 7) is 6.71. The second-order valence-corrected chi connectivity index (χ2v) is 10.2. The van der Waals surface area contributed by atoms with Gasteiger partial charge in [0, 0.05) is 26.1 Å². The summed E-state index contributed by atoms with van der Waals surface area (Å²) in [4.78, 5) is 16.5. The van der Waals surface area contributed by atoms with E-state index in [2.05, 4.69) is 82.6 Å². The smallest absolute Gasteiger partial charge is 0.243 e. The number of benzene rings is 3. The molecule has 1 aliphatic heterocycles. The molecule has 1 saturated heterocycles. The number of carbonyl (C=O) groups excluding carboxylic acids is 1. The molecule has 0 radical (unpaired) electrons. The highest BCUT2D eigenvalue weighted by Crippen LogP contribution is 2.23. The lowest BCUT2D eigenvalue weighted by molar-refractivity contribution is -0.129. The van der Waals surface area contributed by atoms with E-state index < -0.39 is 0 Å². The van der Waals surface area contributed by atoms with Crippen molar-refractivity contribution < 1.29 is 10.0 Å². The highest BCUT2D eigenvalue weighted by atomic mass is 16.5. The Bertz CT molecular complexity index is 1070. The minimum absolute atomic E-state index is 0.288. The summed E-state index contributed by atoms with van der Waals surface area (Å²) >= 11 is 0. The SMILES string of the molecule is O=C(CCCCCN(CCc1cccc2ccccc12)CCC1CCN(Cc2ccccc2)C1)NO. The van der Waals surface area contributed by atoms with Crippen LogP contribution in [0.15, 0.2) is 72.8 Å². The summed E-state index contributed by atoms with van der Waals surface area (Å²) in [6, 6.07) is 26.1. The summed E-state index contributed by atoms with van der Waals surface area (Å²) in [7, 11) is 0. The third-order valence-corrected chi connectivity index (χ3v) is 7.55. The Kier molecular flexibility index (Phi) is 10.3. The number of nitrogens with one attached hydrogen (secondary N) is 1. The maximum absolute atomic E-state index is 11.3. The minimum Gasteiger partial charge on any atom is -0.303 e. The fraction of sp³-hybridized carbons (Fsp3) is 0.452. The van der Waals surface area contributed by atoms with Crippen LogP contribution < -0.4 is 5.48 Å². The van der Waals surface area contributed by atoms with Crippen LogP contribution in [0.4, 0.5) is 0 Å². The highest BCUT2D eigenvalue weighted by Gasteiger charge is 2.23. The molecule has 1 amide bonds. The zero-order chi connectivity index (χ0) is 25.0. The van der Waals surface area contributed by atoms with Crippen molar-refractivity contribution in [3.8, 4) is 0 Å². The van der Waals surface area contributed by atoms with Gasteiger partial charge in [0.25, 0.3) is 0 Å². The fourth-order valence-corrected chi connectivity index (χ4v) is 5.48. The fourth-order valence-electron chi connectivity index (χ4n) is 5.48. The first-order valence-electron chi connectivity index (χ1n) is 13.6. The van der Waals surface area contributed by atoms with Gasteiger partial charge in [-0.25, -0.2) is 5.48 Å². The average Bonchev–Trinajstić information content (AvgIpc) is 3.37. The van der Waals surface area contributed by atoms with Gasteiger partial charge < -0.3 is 4.90 Å². The van der Waals surface area contributed by atoms with Gasteiger partial charge in [-0.3, -0.25) is 14.9 Å². The van der Waals surface area contributed by atoms with Crippen molar-refractivity contribution in [1.82, 2.24) is 15.3 Å². The van der Waals surface area contributed by atoms with E-state index in [1.807, 2.05) is 0 Å². The van der Waals surface area contributed by atoms with Crippen molar-refractivity contribution in [2.45, 2.75) is 51.5 Å². The first kappa shape index (κ1) is 26.3. The average molecular weight is 488 g/mol. The third-order valence-electron chi connectivity index (χ3n) is 7.55. The van der Waals surface area contributed by atoms with Crippen molar-refractivity contribution in [2.75, 3.05) is 32.7 Å². The normalized spacial score (nSPS) is 16.1. The molecule has 5 nitrogen and oxygen atoms in total. The highest BCUT2D eigenvalue weighted by molar-refractivity contribution is 5.85. The van der Waals surface area contributed by atoms with Gasteiger partial charge in [-0.1, -0.05) is 79.2 Å². The standard InChI is InChI=1S/C31H41N3O2/c35-31(32-36)16-5-2-8-20-33(23-19-29-14-9-13-28-12-6-7-15-30(28)29)21-17-27-18-22-34(25-27)24-26-10-3-1-4-11-26/h1,3-4,6-7,9-15,27,36H,2,5,8,16-25H2,(H,32,35). The quantitative estimate of drug-likeness (QED) is 0.175. The maximum Gasteiger partial charge on any atom is 0.243 e. The van der Waals surface area contributed by atoms with Crippen LogP contribution in [-0.4, -0.2) is 53.6 Å². The Balaban J connectivity index is 1.28. The Labute approximate surface area is 216 Å². The number of unbranched alkanes of at least 4 members (excludes halogenated alkanes) is 2. The van der Waals surface area contributed by atoms with E-state index in [-0.39, 0.29) is 5.91 Å². The van der Waals surface area contributed by atoms with E-state index in [0.717, 1.165) is 57.8 Å². The zero-order valence-electron chi connectivity index (χ0n) is 21.4. The molecule has 0 bridgehead atoms. The van der Waals surface area contributed by atoms with Crippen LogP contribution in [0.2, 0.25) is 0 Å². The molecule has 0 aliphatic carbocycles. The van der Waals surface area contributed by atoms with Gasteiger partial charge in [-0.2, -0.15) is 0 Å². The van der Waals surface area contributed by atoms with E-state index in [9.17, 15) is 4.79 Å². The molecule has 5 heteroatoms. The lowest BCUT2D eigenvalue weighted by Gasteiger charge is -2.24. The molecule has 1 aliphatic rings. The molecule has 3 aromatic carbocycles. The molecule has 0 spiro atoms. The Morgan fingerprint density at radius 1 is 0.917 bits per heavy atom. The van der Waals surface area contributed by atoms with Crippen molar-refractivity contribution in [2.24, 2.45) is 5.92 Å². The number of carbonyl (C=O) groups is 1. The first-order chi connectivity index (χ1) is 17.7. The van der Waals surface area contributed by atoms with Crippen molar-refractivity contribution in [3.05, 3.63) is 83.9 Å². The number of hydrogen-bond donors (Lipinski definition) is 2.